The molecule has 0 saturated heterocycles. The van der Waals surface area contributed by atoms with Crippen LogP contribution in [0.2, 0.25) is 0 Å². The predicted molar refractivity (Wildman–Crippen MR) is 61.6 cm³/mol. The van der Waals surface area contributed by atoms with E-state index in [9.17, 15) is 0 Å². The first kappa shape index (κ1) is 8.50. The minimum atomic E-state index is 0.447. The van der Waals surface area contributed by atoms with E-state index in [1.165, 1.54) is 5.39 Å². The lowest BCUT2D eigenvalue weighted by Crippen LogP contribution is -1.92. The number of nitrogens with two attached hydrogens (primary N) is 1. The molecule has 1 heterocycles. The van der Waals surface area contributed by atoms with Crippen LogP contribution in [0.15, 0.2) is 46.9 Å². The summed E-state index contributed by atoms with van der Waals surface area (Å²) in [6.45, 7) is 0.447. The largest absolute Gasteiger partial charge is 0.459 e. The van der Waals surface area contributed by atoms with Crippen molar-refractivity contribution >= 4 is 21.7 Å². The minimum Gasteiger partial charge on any atom is -0.459 e. The van der Waals surface area contributed by atoms with E-state index in [2.05, 4.69) is 24.3 Å². The van der Waals surface area contributed by atoms with E-state index < -0.39 is 0 Å². The molecule has 74 valence electrons. The zero-order valence-electron chi connectivity index (χ0n) is 8.23. The second kappa shape index (κ2) is 3.11. The lowest BCUT2D eigenvalue weighted by Gasteiger charge is -1.96. The van der Waals surface area contributed by atoms with Gasteiger partial charge in [-0.25, -0.2) is 0 Å². The molecule has 0 aliphatic carbocycles. The molecule has 0 amide bonds. The van der Waals surface area contributed by atoms with Gasteiger partial charge in [-0.1, -0.05) is 36.4 Å². The van der Waals surface area contributed by atoms with Gasteiger partial charge in [0.2, 0.25) is 0 Å². The number of hydrogen-bond donors (Lipinski definition) is 1. The third-order valence-corrected chi connectivity index (χ3v) is 2.66. The Bertz CT molecular complexity index is 625. The maximum absolute atomic E-state index is 5.71. The first-order valence-corrected chi connectivity index (χ1v) is 4.99. The summed E-state index contributed by atoms with van der Waals surface area (Å²) in [5.74, 6) is 0.835. The third-order valence-electron chi connectivity index (χ3n) is 2.66. The van der Waals surface area contributed by atoms with Crippen LogP contribution in [0.5, 0.6) is 0 Å². The van der Waals surface area contributed by atoms with Gasteiger partial charge in [0.25, 0.3) is 0 Å². The fourth-order valence-corrected chi connectivity index (χ4v) is 1.92. The summed E-state index contributed by atoms with van der Waals surface area (Å²) in [5.41, 5.74) is 6.50. The molecule has 0 saturated carbocycles. The van der Waals surface area contributed by atoms with E-state index in [0.717, 1.165) is 22.1 Å². The van der Waals surface area contributed by atoms with Gasteiger partial charge in [-0.2, -0.15) is 0 Å². The molecule has 0 aliphatic rings. The minimum absolute atomic E-state index is 0.447. The van der Waals surface area contributed by atoms with Crippen molar-refractivity contribution in [3.8, 4) is 0 Å². The molecule has 2 N–H and O–H groups in total. The van der Waals surface area contributed by atoms with Gasteiger partial charge in [0.1, 0.15) is 11.3 Å². The Morgan fingerprint density at radius 2 is 1.80 bits per heavy atom. The molecular weight excluding hydrogens is 186 g/mol. The van der Waals surface area contributed by atoms with Gasteiger partial charge in [0.05, 0.1) is 6.54 Å². The van der Waals surface area contributed by atoms with Gasteiger partial charge in [-0.15, -0.1) is 0 Å². The summed E-state index contributed by atoms with van der Waals surface area (Å²) in [6.07, 6.45) is 0. The molecule has 2 aromatic carbocycles. The molecule has 15 heavy (non-hydrogen) atoms. The van der Waals surface area contributed by atoms with Crippen LogP contribution in [0.25, 0.3) is 21.7 Å². The van der Waals surface area contributed by atoms with Crippen LogP contribution >= 0.6 is 0 Å². The van der Waals surface area contributed by atoms with Crippen molar-refractivity contribution in [3.63, 3.8) is 0 Å². The Hall–Kier alpha value is -1.80. The summed E-state index contributed by atoms with van der Waals surface area (Å²) < 4.78 is 5.71. The van der Waals surface area contributed by atoms with Crippen LogP contribution in [0, 0.1) is 0 Å². The molecule has 0 unspecified atom stereocenters. The fourth-order valence-electron chi connectivity index (χ4n) is 1.92. The predicted octanol–water partition coefficient (Wildman–Crippen LogP) is 3.04. The van der Waals surface area contributed by atoms with Crippen molar-refractivity contribution in [3.05, 3.63) is 48.2 Å². The molecule has 2 nitrogen and oxygen atoms in total. The Kier molecular flexibility index (Phi) is 1.76. The molecule has 0 aliphatic heterocycles. The monoisotopic (exact) mass is 197 g/mol. The smallest absolute Gasteiger partial charge is 0.142 e. The number of hydrogen-bond acceptors (Lipinski definition) is 2. The highest BCUT2D eigenvalue weighted by atomic mass is 16.3. The lowest BCUT2D eigenvalue weighted by atomic mass is 10.1. The van der Waals surface area contributed by atoms with Crippen LogP contribution < -0.4 is 5.73 Å². The number of benzene rings is 2. The number of furan rings is 1. The van der Waals surface area contributed by atoms with Crippen molar-refractivity contribution in [1.29, 1.82) is 0 Å². The SMILES string of the molecule is NCc1cc2ccc3ccccc3c2o1. The van der Waals surface area contributed by atoms with Gasteiger partial charge in [0, 0.05) is 10.8 Å². The van der Waals surface area contributed by atoms with Gasteiger partial charge < -0.3 is 10.2 Å². The molecule has 0 fully saturated rings. The molecule has 2 heteroatoms. The normalized spacial score (nSPS) is 11.3. The van der Waals surface area contributed by atoms with E-state index in [1.807, 2.05) is 18.2 Å². The highest BCUT2D eigenvalue weighted by molar-refractivity contribution is 6.04. The zero-order chi connectivity index (χ0) is 10.3. The molecule has 0 bridgehead atoms. The number of rotatable bonds is 1. The molecule has 0 atom stereocenters. The topological polar surface area (TPSA) is 39.2 Å². The van der Waals surface area contributed by atoms with Crippen LogP contribution in [0.1, 0.15) is 5.76 Å². The van der Waals surface area contributed by atoms with Crippen molar-refractivity contribution < 1.29 is 4.42 Å². The van der Waals surface area contributed by atoms with Crippen LogP contribution in [0.3, 0.4) is 0 Å². The van der Waals surface area contributed by atoms with E-state index in [-0.39, 0.29) is 0 Å². The second-order valence-electron chi connectivity index (χ2n) is 3.62. The summed E-state index contributed by atoms with van der Waals surface area (Å²) in [5, 5.41) is 3.46. The van der Waals surface area contributed by atoms with E-state index in [4.69, 9.17) is 10.2 Å². The van der Waals surface area contributed by atoms with Crippen molar-refractivity contribution in [2.24, 2.45) is 5.73 Å². The standard InChI is InChI=1S/C13H11NO/c14-8-11-7-10-6-5-9-3-1-2-4-12(9)13(10)15-11/h1-7H,8,14H2. The summed E-state index contributed by atoms with van der Waals surface area (Å²) in [7, 11) is 0. The zero-order valence-corrected chi connectivity index (χ0v) is 8.23. The van der Waals surface area contributed by atoms with E-state index in [1.54, 1.807) is 0 Å². The first-order chi connectivity index (χ1) is 7.38. The first-order valence-electron chi connectivity index (χ1n) is 4.99. The fraction of sp³-hybridized carbons (Fsp3) is 0.0769. The van der Waals surface area contributed by atoms with Crippen LogP contribution in [0.4, 0.5) is 0 Å². The van der Waals surface area contributed by atoms with Gasteiger partial charge in [-0.3, -0.25) is 0 Å². The van der Waals surface area contributed by atoms with Crippen molar-refractivity contribution in [2.45, 2.75) is 6.54 Å². The highest BCUT2D eigenvalue weighted by Crippen LogP contribution is 2.27. The van der Waals surface area contributed by atoms with Crippen LogP contribution in [-0.4, -0.2) is 0 Å². The van der Waals surface area contributed by atoms with Crippen LogP contribution in [-0.2, 0) is 6.54 Å². The van der Waals surface area contributed by atoms with E-state index >= 15 is 0 Å². The number of fused-ring (bicyclic) bond motifs is 3. The quantitative estimate of drug-likeness (QED) is 0.651. The lowest BCUT2D eigenvalue weighted by molar-refractivity contribution is 0.555. The average Bonchev–Trinajstić information content (AvgIpc) is 2.72. The van der Waals surface area contributed by atoms with Crippen molar-refractivity contribution in [1.82, 2.24) is 0 Å². The molecule has 1 aromatic heterocycles. The van der Waals surface area contributed by atoms with Gasteiger partial charge in [-0.05, 0) is 11.5 Å². The van der Waals surface area contributed by atoms with Gasteiger partial charge in [0.15, 0.2) is 0 Å². The molecule has 3 rings (SSSR count). The summed E-state index contributed by atoms with van der Waals surface area (Å²) in [4.78, 5) is 0. The third kappa shape index (κ3) is 1.22. The maximum Gasteiger partial charge on any atom is 0.142 e. The maximum atomic E-state index is 5.71. The molecule has 0 spiro atoms. The molecule has 0 radical (unpaired) electrons. The Balaban J connectivity index is 2.47. The average molecular weight is 197 g/mol. The van der Waals surface area contributed by atoms with E-state index in [0.29, 0.717) is 6.54 Å². The van der Waals surface area contributed by atoms with Gasteiger partial charge >= 0.3 is 0 Å². The second-order valence-corrected chi connectivity index (χ2v) is 3.62. The Morgan fingerprint density at radius 1 is 1.00 bits per heavy atom. The van der Waals surface area contributed by atoms with Crippen molar-refractivity contribution in [2.75, 3.05) is 0 Å². The Labute approximate surface area is 87.3 Å². The summed E-state index contributed by atoms with van der Waals surface area (Å²) in [6, 6.07) is 14.4. The molecule has 3 aromatic rings. The Morgan fingerprint density at radius 3 is 2.67 bits per heavy atom. The molecular formula is C13H11NO. The summed E-state index contributed by atoms with van der Waals surface area (Å²) >= 11 is 0. The highest BCUT2D eigenvalue weighted by Gasteiger charge is 2.05.